The first-order valence-electron chi connectivity index (χ1n) is 7.85. The van der Waals surface area contributed by atoms with Crippen LogP contribution in [0.5, 0.6) is 5.88 Å². The second-order valence-corrected chi connectivity index (χ2v) is 5.39. The van der Waals surface area contributed by atoms with Crippen LogP contribution in [0.2, 0.25) is 0 Å². The van der Waals surface area contributed by atoms with Gasteiger partial charge in [0.25, 0.3) is 0 Å². The first-order chi connectivity index (χ1) is 11.7. The lowest BCUT2D eigenvalue weighted by molar-refractivity contribution is 0.251. The molecule has 1 aromatic heterocycles. The van der Waals surface area contributed by atoms with Gasteiger partial charge in [0.15, 0.2) is 0 Å². The lowest BCUT2D eigenvalue weighted by Crippen LogP contribution is -2.28. The van der Waals surface area contributed by atoms with Crippen molar-refractivity contribution in [3.63, 3.8) is 0 Å². The number of hydrogen-bond acceptors (Lipinski definition) is 3. The molecule has 0 saturated heterocycles. The topological polar surface area (TPSA) is 68.2 Å². The van der Waals surface area contributed by atoms with Gasteiger partial charge in [0.05, 0.1) is 17.5 Å². The number of aryl methyl sites for hydroxylation is 1. The average Bonchev–Trinajstić information content (AvgIpc) is 2.90. The van der Waals surface area contributed by atoms with Gasteiger partial charge in [0.2, 0.25) is 5.88 Å². The second kappa shape index (κ2) is 7.04. The standard InChI is InChI=1S/C18H20N4O2/c1-3-24-17-15-11-14(9-10-16(15)22(2)21-17)20-18(23)19-12-13-7-5-4-6-8-13/h4-11H,3,12H2,1-2H3,(H2,19,20,23). The molecule has 0 aliphatic heterocycles. The number of carbonyl (C=O) groups excluding carboxylic acids is 1. The Morgan fingerprint density at radius 2 is 2.00 bits per heavy atom. The van der Waals surface area contributed by atoms with Crippen LogP contribution in [0.4, 0.5) is 10.5 Å². The van der Waals surface area contributed by atoms with Crippen LogP contribution >= 0.6 is 0 Å². The molecular formula is C18H20N4O2. The molecule has 0 saturated carbocycles. The number of nitrogens with one attached hydrogen (secondary N) is 2. The van der Waals surface area contributed by atoms with Gasteiger partial charge in [0, 0.05) is 19.3 Å². The molecule has 6 nitrogen and oxygen atoms in total. The molecule has 0 radical (unpaired) electrons. The normalized spacial score (nSPS) is 10.6. The average molecular weight is 324 g/mol. The van der Waals surface area contributed by atoms with Crippen molar-refractivity contribution in [3.8, 4) is 5.88 Å². The molecule has 3 rings (SSSR count). The summed E-state index contributed by atoms with van der Waals surface area (Å²) < 4.78 is 7.31. The summed E-state index contributed by atoms with van der Waals surface area (Å²) in [6.07, 6.45) is 0. The summed E-state index contributed by atoms with van der Waals surface area (Å²) >= 11 is 0. The molecule has 0 spiro atoms. The quantitative estimate of drug-likeness (QED) is 0.757. The Kier molecular flexibility index (Phi) is 4.65. The molecule has 24 heavy (non-hydrogen) atoms. The molecule has 2 N–H and O–H groups in total. The number of anilines is 1. The first kappa shape index (κ1) is 15.9. The monoisotopic (exact) mass is 324 g/mol. The molecule has 2 aromatic carbocycles. The zero-order valence-electron chi connectivity index (χ0n) is 13.7. The largest absolute Gasteiger partial charge is 0.476 e. The molecule has 2 amide bonds. The van der Waals surface area contributed by atoms with E-state index in [4.69, 9.17) is 4.74 Å². The van der Waals surface area contributed by atoms with Crippen molar-refractivity contribution in [3.05, 3.63) is 54.1 Å². The zero-order valence-corrected chi connectivity index (χ0v) is 13.7. The minimum Gasteiger partial charge on any atom is -0.476 e. The van der Waals surface area contributed by atoms with Crippen molar-refractivity contribution in [1.82, 2.24) is 15.1 Å². The highest BCUT2D eigenvalue weighted by molar-refractivity contribution is 5.94. The Hall–Kier alpha value is -3.02. The van der Waals surface area contributed by atoms with Gasteiger partial charge in [-0.2, -0.15) is 0 Å². The Labute approximate surface area is 140 Å². The molecule has 1 heterocycles. The van der Waals surface area contributed by atoms with E-state index in [9.17, 15) is 4.79 Å². The number of aromatic nitrogens is 2. The van der Waals surface area contributed by atoms with E-state index in [2.05, 4.69) is 15.7 Å². The molecular weight excluding hydrogens is 304 g/mol. The highest BCUT2D eigenvalue weighted by Crippen LogP contribution is 2.27. The number of benzene rings is 2. The van der Waals surface area contributed by atoms with E-state index in [0.29, 0.717) is 24.7 Å². The van der Waals surface area contributed by atoms with Gasteiger partial charge < -0.3 is 15.4 Å². The van der Waals surface area contributed by atoms with E-state index < -0.39 is 0 Å². The number of amides is 2. The third kappa shape index (κ3) is 3.48. The fraction of sp³-hybridized carbons (Fsp3) is 0.222. The minimum absolute atomic E-state index is 0.250. The van der Waals surface area contributed by atoms with E-state index in [1.54, 1.807) is 4.68 Å². The van der Waals surface area contributed by atoms with Gasteiger partial charge >= 0.3 is 6.03 Å². The lowest BCUT2D eigenvalue weighted by atomic mass is 10.2. The molecule has 0 unspecified atom stereocenters. The predicted octanol–water partition coefficient (Wildman–Crippen LogP) is 3.29. The zero-order chi connectivity index (χ0) is 16.9. The first-order valence-corrected chi connectivity index (χ1v) is 7.85. The summed E-state index contributed by atoms with van der Waals surface area (Å²) in [6.45, 7) is 2.94. The number of nitrogens with zero attached hydrogens (tertiary/aromatic N) is 2. The van der Waals surface area contributed by atoms with Crippen LogP contribution in [0.25, 0.3) is 10.9 Å². The predicted molar refractivity (Wildman–Crippen MR) is 94.2 cm³/mol. The summed E-state index contributed by atoms with van der Waals surface area (Å²) in [7, 11) is 1.87. The molecule has 3 aromatic rings. The van der Waals surface area contributed by atoms with Gasteiger partial charge in [-0.05, 0) is 30.7 Å². The minimum atomic E-state index is -0.250. The lowest BCUT2D eigenvalue weighted by Gasteiger charge is -2.08. The summed E-state index contributed by atoms with van der Waals surface area (Å²) in [5, 5.41) is 10.9. The van der Waals surface area contributed by atoms with E-state index >= 15 is 0 Å². The maximum atomic E-state index is 12.1. The van der Waals surface area contributed by atoms with Gasteiger partial charge in [-0.25, -0.2) is 4.79 Å². The number of ether oxygens (including phenoxy) is 1. The highest BCUT2D eigenvalue weighted by Gasteiger charge is 2.11. The van der Waals surface area contributed by atoms with Crippen LogP contribution in [0, 0.1) is 0 Å². The fourth-order valence-corrected chi connectivity index (χ4v) is 2.51. The van der Waals surface area contributed by atoms with E-state index in [0.717, 1.165) is 16.5 Å². The summed E-state index contributed by atoms with van der Waals surface area (Å²) in [4.78, 5) is 12.1. The summed E-state index contributed by atoms with van der Waals surface area (Å²) in [5.41, 5.74) is 2.70. The Morgan fingerprint density at radius 1 is 1.21 bits per heavy atom. The van der Waals surface area contributed by atoms with Crippen molar-refractivity contribution < 1.29 is 9.53 Å². The van der Waals surface area contributed by atoms with Gasteiger partial charge in [-0.3, -0.25) is 4.68 Å². The van der Waals surface area contributed by atoms with Crippen LogP contribution in [-0.4, -0.2) is 22.4 Å². The van der Waals surface area contributed by atoms with Crippen LogP contribution in [0.3, 0.4) is 0 Å². The number of hydrogen-bond donors (Lipinski definition) is 2. The maximum Gasteiger partial charge on any atom is 0.319 e. The molecule has 124 valence electrons. The van der Waals surface area contributed by atoms with Crippen molar-refractivity contribution in [2.24, 2.45) is 7.05 Å². The van der Waals surface area contributed by atoms with Gasteiger partial charge in [-0.1, -0.05) is 30.3 Å². The second-order valence-electron chi connectivity index (χ2n) is 5.39. The molecule has 0 bridgehead atoms. The Bertz CT molecular complexity index is 843. The van der Waals surface area contributed by atoms with Crippen LogP contribution < -0.4 is 15.4 Å². The molecule has 0 atom stereocenters. The SMILES string of the molecule is CCOc1nn(C)c2ccc(NC(=O)NCc3ccccc3)cc12. The van der Waals surface area contributed by atoms with Crippen molar-refractivity contribution in [1.29, 1.82) is 0 Å². The van der Waals surface area contributed by atoms with Crippen molar-refractivity contribution >= 4 is 22.6 Å². The smallest absolute Gasteiger partial charge is 0.319 e. The number of urea groups is 1. The molecule has 0 aliphatic carbocycles. The van der Waals surface area contributed by atoms with Crippen molar-refractivity contribution in [2.75, 3.05) is 11.9 Å². The van der Waals surface area contributed by atoms with Gasteiger partial charge in [-0.15, -0.1) is 5.10 Å². The maximum absolute atomic E-state index is 12.1. The third-order valence-corrected chi connectivity index (χ3v) is 3.65. The number of rotatable bonds is 5. The van der Waals surface area contributed by atoms with Crippen molar-refractivity contribution in [2.45, 2.75) is 13.5 Å². The summed E-state index contributed by atoms with van der Waals surface area (Å²) in [6, 6.07) is 15.2. The summed E-state index contributed by atoms with van der Waals surface area (Å²) in [5.74, 6) is 0.573. The Morgan fingerprint density at radius 3 is 2.75 bits per heavy atom. The highest BCUT2D eigenvalue weighted by atomic mass is 16.5. The van der Waals surface area contributed by atoms with E-state index in [1.807, 2.05) is 62.5 Å². The molecule has 0 fully saturated rings. The van der Waals surface area contributed by atoms with Crippen LogP contribution in [0.15, 0.2) is 48.5 Å². The number of carbonyl (C=O) groups is 1. The fourth-order valence-electron chi connectivity index (χ4n) is 2.51. The molecule has 6 heteroatoms. The Balaban J connectivity index is 1.70. The number of fused-ring (bicyclic) bond motifs is 1. The van der Waals surface area contributed by atoms with E-state index in [1.165, 1.54) is 0 Å². The third-order valence-electron chi connectivity index (χ3n) is 3.65. The van der Waals surface area contributed by atoms with Crippen LogP contribution in [0.1, 0.15) is 12.5 Å². The van der Waals surface area contributed by atoms with Crippen LogP contribution in [-0.2, 0) is 13.6 Å². The van der Waals surface area contributed by atoms with E-state index in [-0.39, 0.29) is 6.03 Å². The van der Waals surface area contributed by atoms with Gasteiger partial charge in [0.1, 0.15) is 0 Å². The molecule has 0 aliphatic rings.